The first-order chi connectivity index (χ1) is 16.9. The highest BCUT2D eigenvalue weighted by Crippen LogP contribution is 2.43. The number of rotatable bonds is 6. The van der Waals surface area contributed by atoms with E-state index in [0.717, 1.165) is 47.1 Å². The van der Waals surface area contributed by atoms with Crippen LogP contribution in [0.4, 0.5) is 21.3 Å². The van der Waals surface area contributed by atoms with Gasteiger partial charge in [-0.25, -0.2) is 14.2 Å². The number of halogens is 1. The monoisotopic (exact) mass is 495 g/mol. The Hall–Kier alpha value is -3.31. The van der Waals surface area contributed by atoms with Crippen molar-refractivity contribution in [3.8, 4) is 0 Å². The molecule has 1 saturated heterocycles. The molecule has 1 aliphatic heterocycles. The second-order valence-corrected chi connectivity index (χ2v) is 10.0. The number of carbonyl (C=O) groups is 1. The molecule has 4 N–H and O–H groups in total. The zero-order valence-corrected chi connectivity index (χ0v) is 20.3. The van der Waals surface area contributed by atoms with E-state index in [1.54, 1.807) is 24.4 Å². The molecule has 9 nitrogen and oxygen atoms in total. The fourth-order valence-electron chi connectivity index (χ4n) is 5.43. The van der Waals surface area contributed by atoms with Crippen LogP contribution in [0, 0.1) is 11.7 Å². The highest BCUT2D eigenvalue weighted by atomic mass is 32.1. The predicted octanol–water partition coefficient (Wildman–Crippen LogP) is 4.12. The molecule has 2 bridgehead atoms. The number of aryl methyl sites for hydroxylation is 1. The van der Waals surface area contributed by atoms with Crippen molar-refractivity contribution in [1.29, 1.82) is 0 Å². The lowest BCUT2D eigenvalue weighted by molar-refractivity contribution is 0.0520. The number of nitrogens with one attached hydrogen (secondary N) is 2. The van der Waals surface area contributed by atoms with Crippen LogP contribution in [-0.4, -0.2) is 51.1 Å². The van der Waals surface area contributed by atoms with E-state index in [-0.39, 0.29) is 24.2 Å². The maximum atomic E-state index is 14.5. The van der Waals surface area contributed by atoms with E-state index in [4.69, 9.17) is 20.4 Å². The average molecular weight is 496 g/mol. The van der Waals surface area contributed by atoms with Gasteiger partial charge in [0.1, 0.15) is 17.3 Å². The maximum Gasteiger partial charge on any atom is 0.357 e. The summed E-state index contributed by atoms with van der Waals surface area (Å²) in [5.74, 6) is 0.790. The number of nitrogens with two attached hydrogens (primary N) is 1. The minimum Gasteiger partial charge on any atom is -0.461 e. The Morgan fingerprint density at radius 2 is 2.17 bits per heavy atom. The zero-order chi connectivity index (χ0) is 24.3. The lowest BCUT2D eigenvalue weighted by atomic mass is 10.0. The van der Waals surface area contributed by atoms with Gasteiger partial charge >= 0.3 is 5.97 Å². The minimum atomic E-state index is -0.469. The number of carbonyl (C=O) groups excluding carboxylic acids is 1. The van der Waals surface area contributed by atoms with Crippen LogP contribution < -0.4 is 16.0 Å². The van der Waals surface area contributed by atoms with Crippen LogP contribution in [0.15, 0.2) is 17.5 Å². The molecule has 182 valence electrons. The molecule has 2 aliphatic rings. The fraction of sp³-hybridized carbons (Fsp3) is 0.417. The number of fused-ring (bicyclic) bond motifs is 5. The number of hydrogen-bond donors (Lipinski definition) is 3. The molecule has 4 heterocycles. The van der Waals surface area contributed by atoms with Crippen molar-refractivity contribution in [2.75, 3.05) is 23.4 Å². The van der Waals surface area contributed by atoms with Crippen molar-refractivity contribution in [3.05, 3.63) is 34.6 Å². The molecule has 3 aromatic heterocycles. The van der Waals surface area contributed by atoms with Gasteiger partial charge in [0.15, 0.2) is 10.8 Å². The van der Waals surface area contributed by atoms with Crippen molar-refractivity contribution in [2.45, 2.75) is 45.2 Å². The maximum absolute atomic E-state index is 14.5. The first-order valence-corrected chi connectivity index (χ1v) is 12.8. The van der Waals surface area contributed by atoms with Crippen LogP contribution >= 0.6 is 11.3 Å². The topological polar surface area (TPSA) is 122 Å². The smallest absolute Gasteiger partial charge is 0.357 e. The normalized spacial score (nSPS) is 21.4. The van der Waals surface area contributed by atoms with Crippen molar-refractivity contribution in [2.24, 2.45) is 11.7 Å². The summed E-state index contributed by atoms with van der Waals surface area (Å²) in [7, 11) is 0. The Morgan fingerprint density at radius 1 is 1.31 bits per heavy atom. The highest BCUT2D eigenvalue weighted by molar-refractivity contribution is 7.14. The molecule has 11 heteroatoms. The molecule has 4 aromatic rings. The SMILES string of the molecule is CCOC(=O)c1csc(Nc2nc(N3C[C@H]4C[C@@H]3C[C@H]4N)c3c(n2)[nH]c2c(CC)cc(F)cc23)n1. The van der Waals surface area contributed by atoms with E-state index in [1.165, 1.54) is 11.3 Å². The molecule has 0 radical (unpaired) electrons. The number of ether oxygens (including phenoxy) is 1. The molecule has 6 rings (SSSR count). The number of aromatic nitrogens is 4. The third-order valence-corrected chi connectivity index (χ3v) is 7.80. The summed E-state index contributed by atoms with van der Waals surface area (Å²) in [6.45, 7) is 4.85. The molecule has 0 spiro atoms. The summed E-state index contributed by atoms with van der Waals surface area (Å²) in [6, 6.07) is 3.61. The van der Waals surface area contributed by atoms with Gasteiger partial charge in [0.25, 0.3) is 0 Å². The van der Waals surface area contributed by atoms with Gasteiger partial charge in [-0.2, -0.15) is 9.97 Å². The lowest BCUT2D eigenvalue weighted by Gasteiger charge is -2.31. The van der Waals surface area contributed by atoms with Crippen LogP contribution in [0.3, 0.4) is 0 Å². The van der Waals surface area contributed by atoms with E-state index < -0.39 is 5.97 Å². The van der Waals surface area contributed by atoms with E-state index in [1.807, 2.05) is 6.92 Å². The van der Waals surface area contributed by atoms with Gasteiger partial charge in [0.2, 0.25) is 5.95 Å². The largest absolute Gasteiger partial charge is 0.461 e. The second kappa shape index (κ2) is 8.42. The predicted molar refractivity (Wildman–Crippen MR) is 134 cm³/mol. The number of nitrogens with zero attached hydrogens (tertiary/aromatic N) is 4. The number of anilines is 3. The molecule has 0 unspecified atom stereocenters. The van der Waals surface area contributed by atoms with E-state index in [2.05, 4.69) is 20.2 Å². The molecular formula is C24H26FN7O2S. The van der Waals surface area contributed by atoms with Crippen LogP contribution in [0.25, 0.3) is 21.9 Å². The molecule has 2 fully saturated rings. The first kappa shape index (κ1) is 22.2. The Kier molecular flexibility index (Phi) is 5.33. The van der Waals surface area contributed by atoms with Gasteiger partial charge in [-0.1, -0.05) is 6.92 Å². The Labute approximate surface area is 204 Å². The average Bonchev–Trinajstić information content (AvgIpc) is 3.61. The molecule has 1 aliphatic carbocycles. The quantitative estimate of drug-likeness (QED) is 0.342. The second-order valence-electron chi connectivity index (χ2n) is 9.15. The summed E-state index contributed by atoms with van der Waals surface area (Å²) >= 11 is 1.27. The van der Waals surface area contributed by atoms with Crippen LogP contribution in [0.5, 0.6) is 0 Å². The highest BCUT2D eigenvalue weighted by Gasteiger charge is 2.44. The van der Waals surface area contributed by atoms with Gasteiger partial charge in [-0.3, -0.25) is 5.32 Å². The lowest BCUT2D eigenvalue weighted by Crippen LogP contribution is -2.41. The van der Waals surface area contributed by atoms with Gasteiger partial charge in [0, 0.05) is 29.4 Å². The van der Waals surface area contributed by atoms with Crippen molar-refractivity contribution in [3.63, 3.8) is 0 Å². The van der Waals surface area contributed by atoms with Crippen molar-refractivity contribution < 1.29 is 13.9 Å². The molecule has 35 heavy (non-hydrogen) atoms. The van der Waals surface area contributed by atoms with E-state index in [9.17, 15) is 9.18 Å². The Morgan fingerprint density at radius 3 is 2.89 bits per heavy atom. The van der Waals surface area contributed by atoms with E-state index >= 15 is 0 Å². The number of hydrogen-bond acceptors (Lipinski definition) is 9. The van der Waals surface area contributed by atoms with Crippen LogP contribution in [0.1, 0.15) is 42.7 Å². The number of aromatic amines is 1. The standard InChI is InChI=1S/C24H26FN7O2S/c1-3-11-5-13(25)7-15-18-20(28-19(11)15)29-23(31-24-27-17(10-35-24)22(33)34-4-2)30-21(18)32-9-12-6-14(32)8-16(12)26/h5,7,10,12,14,16H,3-4,6,8-9,26H2,1-2H3,(H2,27,28,29,30,31)/t12-,14-,16-/m1/s1. The number of esters is 1. The zero-order valence-electron chi connectivity index (χ0n) is 19.5. The first-order valence-electron chi connectivity index (χ1n) is 11.9. The van der Waals surface area contributed by atoms with Gasteiger partial charge in [0.05, 0.1) is 17.5 Å². The summed E-state index contributed by atoms with van der Waals surface area (Å²) in [6.07, 6.45) is 2.63. The number of thiazole rings is 1. The summed E-state index contributed by atoms with van der Waals surface area (Å²) in [5.41, 5.74) is 8.94. The van der Waals surface area contributed by atoms with Gasteiger partial charge in [-0.15, -0.1) is 11.3 Å². The Bertz CT molecular complexity index is 1450. The summed E-state index contributed by atoms with van der Waals surface area (Å²) < 4.78 is 19.6. The Balaban J connectivity index is 1.47. The molecular weight excluding hydrogens is 469 g/mol. The minimum absolute atomic E-state index is 0.204. The van der Waals surface area contributed by atoms with Crippen LogP contribution in [-0.2, 0) is 11.2 Å². The third kappa shape index (κ3) is 3.69. The number of H-pyrrole nitrogens is 1. The van der Waals surface area contributed by atoms with Crippen molar-refractivity contribution in [1.82, 2.24) is 19.9 Å². The van der Waals surface area contributed by atoms with Gasteiger partial charge in [-0.05, 0) is 49.8 Å². The number of benzene rings is 1. The molecule has 1 aromatic carbocycles. The molecule has 1 saturated carbocycles. The third-order valence-electron chi connectivity index (χ3n) is 7.04. The molecule has 3 atom stereocenters. The fourth-order valence-corrected chi connectivity index (χ4v) is 6.11. The molecule has 0 amide bonds. The van der Waals surface area contributed by atoms with E-state index in [0.29, 0.717) is 35.1 Å². The van der Waals surface area contributed by atoms with Gasteiger partial charge < -0.3 is 20.4 Å². The van der Waals surface area contributed by atoms with Crippen molar-refractivity contribution >= 4 is 56.1 Å². The number of piperidine rings is 1. The van der Waals surface area contributed by atoms with Crippen LogP contribution in [0.2, 0.25) is 0 Å². The summed E-state index contributed by atoms with van der Waals surface area (Å²) in [4.78, 5) is 31.6. The summed E-state index contributed by atoms with van der Waals surface area (Å²) in [5, 5.41) is 6.87.